The predicted molar refractivity (Wildman–Crippen MR) is 80.4 cm³/mol. The van der Waals surface area contributed by atoms with Gasteiger partial charge in [0.05, 0.1) is 5.56 Å². The first-order valence-electron chi connectivity index (χ1n) is 7.23. The van der Waals surface area contributed by atoms with E-state index in [9.17, 15) is 4.79 Å². The van der Waals surface area contributed by atoms with Crippen molar-refractivity contribution < 1.29 is 9.32 Å². The summed E-state index contributed by atoms with van der Waals surface area (Å²) in [5, 5.41) is 10.9. The van der Waals surface area contributed by atoms with Gasteiger partial charge in [0.2, 0.25) is 5.89 Å². The largest absolute Gasteiger partial charge is 0.340 e. The molecule has 112 valence electrons. The summed E-state index contributed by atoms with van der Waals surface area (Å²) in [4.78, 5) is 16.8. The van der Waals surface area contributed by atoms with E-state index >= 15 is 0 Å². The zero-order valence-corrected chi connectivity index (χ0v) is 13.2. The quantitative estimate of drug-likeness (QED) is 0.918. The van der Waals surface area contributed by atoms with Crippen LogP contribution in [0.15, 0.2) is 15.3 Å². The van der Waals surface area contributed by atoms with Crippen LogP contribution in [0.5, 0.6) is 0 Å². The van der Waals surface area contributed by atoms with Crippen molar-refractivity contribution in [3.05, 3.63) is 33.6 Å². The Morgan fingerprint density at radius 3 is 2.76 bits per heavy atom. The van der Waals surface area contributed by atoms with Crippen LogP contribution in [0, 0.1) is 12.8 Å². The van der Waals surface area contributed by atoms with Crippen molar-refractivity contribution in [2.75, 3.05) is 0 Å². The molecule has 2 heterocycles. The summed E-state index contributed by atoms with van der Waals surface area (Å²) in [5.41, 5.74) is 1.71. The van der Waals surface area contributed by atoms with Gasteiger partial charge in [0.1, 0.15) is 6.04 Å². The minimum Gasteiger partial charge on any atom is -0.340 e. The van der Waals surface area contributed by atoms with Crippen LogP contribution in [0.1, 0.15) is 66.3 Å². The van der Waals surface area contributed by atoms with Crippen molar-refractivity contribution >= 4 is 17.2 Å². The highest BCUT2D eigenvalue weighted by atomic mass is 32.1. The maximum atomic E-state index is 12.4. The number of rotatable bonds is 5. The first-order valence-corrected chi connectivity index (χ1v) is 8.17. The predicted octanol–water partition coefficient (Wildman–Crippen LogP) is 3.44. The molecule has 0 aromatic carbocycles. The van der Waals surface area contributed by atoms with Gasteiger partial charge in [-0.1, -0.05) is 19.0 Å². The lowest BCUT2D eigenvalue weighted by molar-refractivity contribution is 0.0914. The summed E-state index contributed by atoms with van der Waals surface area (Å²) in [5.74, 6) is 1.83. The fraction of sp³-hybridized carbons (Fsp3) is 0.533. The average Bonchev–Trinajstić information content (AvgIpc) is 3.02. The first-order chi connectivity index (χ1) is 10.1. The minimum atomic E-state index is -0.253. The number of nitrogens with zero attached hydrogens (tertiary/aromatic N) is 2. The number of hydrogen-bond acceptors (Lipinski definition) is 5. The second-order valence-corrected chi connectivity index (χ2v) is 6.67. The Morgan fingerprint density at radius 2 is 2.19 bits per heavy atom. The van der Waals surface area contributed by atoms with Crippen LogP contribution < -0.4 is 5.32 Å². The van der Waals surface area contributed by atoms with Gasteiger partial charge in [-0.3, -0.25) is 4.79 Å². The van der Waals surface area contributed by atoms with E-state index < -0.39 is 0 Å². The maximum absolute atomic E-state index is 12.4. The van der Waals surface area contributed by atoms with Crippen molar-refractivity contribution in [1.29, 1.82) is 0 Å². The molecule has 1 amide bonds. The van der Waals surface area contributed by atoms with Gasteiger partial charge in [-0.2, -0.15) is 16.3 Å². The highest BCUT2D eigenvalue weighted by molar-refractivity contribution is 7.08. The van der Waals surface area contributed by atoms with Gasteiger partial charge in [-0.15, -0.1) is 0 Å². The Hall–Kier alpha value is -1.69. The van der Waals surface area contributed by atoms with Crippen LogP contribution in [0.3, 0.4) is 0 Å². The van der Waals surface area contributed by atoms with Crippen LogP contribution >= 0.6 is 11.3 Å². The molecular weight excluding hydrogens is 286 g/mol. The summed E-state index contributed by atoms with van der Waals surface area (Å²) in [7, 11) is 0. The standard InChI is InChI=1S/C15H19N3O2S/c1-8(2)12(15-17-13(18-20-15)10-4-5-10)16-14(19)11-7-21-6-9(11)3/h6-8,10,12H,4-5H2,1-3H3,(H,16,19). The lowest BCUT2D eigenvalue weighted by Crippen LogP contribution is -2.32. The average molecular weight is 305 g/mol. The molecule has 3 rings (SSSR count). The molecule has 1 fully saturated rings. The van der Waals surface area contributed by atoms with Gasteiger partial charge < -0.3 is 9.84 Å². The van der Waals surface area contributed by atoms with E-state index in [-0.39, 0.29) is 17.9 Å². The van der Waals surface area contributed by atoms with Crippen LogP contribution in [0.4, 0.5) is 0 Å². The van der Waals surface area contributed by atoms with Crippen molar-refractivity contribution in [3.8, 4) is 0 Å². The second kappa shape index (κ2) is 5.60. The molecule has 21 heavy (non-hydrogen) atoms. The molecule has 5 nitrogen and oxygen atoms in total. The van der Waals surface area contributed by atoms with E-state index in [1.165, 1.54) is 11.3 Å². The Kier molecular flexibility index (Phi) is 3.80. The van der Waals surface area contributed by atoms with Gasteiger partial charge in [0, 0.05) is 11.3 Å². The van der Waals surface area contributed by atoms with Gasteiger partial charge in [0.15, 0.2) is 5.82 Å². The van der Waals surface area contributed by atoms with Gasteiger partial charge in [0.25, 0.3) is 5.91 Å². The molecule has 0 spiro atoms. The molecule has 0 saturated heterocycles. The van der Waals surface area contributed by atoms with E-state index in [1.54, 1.807) is 0 Å². The third-order valence-electron chi connectivity index (χ3n) is 3.72. The zero-order valence-electron chi connectivity index (χ0n) is 12.4. The normalized spacial score (nSPS) is 16.2. The lowest BCUT2D eigenvalue weighted by Gasteiger charge is -2.18. The number of aromatic nitrogens is 2. The molecule has 1 unspecified atom stereocenters. The van der Waals surface area contributed by atoms with Gasteiger partial charge in [-0.05, 0) is 36.6 Å². The van der Waals surface area contributed by atoms with Crippen molar-refractivity contribution in [1.82, 2.24) is 15.5 Å². The van der Waals surface area contributed by atoms with Crippen LogP contribution in [-0.4, -0.2) is 16.0 Å². The Balaban J connectivity index is 1.77. The Morgan fingerprint density at radius 1 is 1.43 bits per heavy atom. The van der Waals surface area contributed by atoms with Gasteiger partial charge in [-0.25, -0.2) is 0 Å². The number of aryl methyl sites for hydroxylation is 1. The van der Waals surface area contributed by atoms with Gasteiger partial charge >= 0.3 is 0 Å². The molecule has 6 heteroatoms. The fourth-order valence-corrected chi connectivity index (χ4v) is 3.03. The zero-order chi connectivity index (χ0) is 15.0. The maximum Gasteiger partial charge on any atom is 0.253 e. The topological polar surface area (TPSA) is 68.0 Å². The summed E-state index contributed by atoms with van der Waals surface area (Å²) < 4.78 is 5.36. The van der Waals surface area contributed by atoms with E-state index in [0.717, 1.165) is 24.2 Å². The molecule has 1 N–H and O–H groups in total. The summed E-state index contributed by atoms with van der Waals surface area (Å²) in [6.45, 7) is 6.01. The molecule has 1 aliphatic carbocycles. The van der Waals surface area contributed by atoms with E-state index in [1.807, 2.05) is 31.5 Å². The molecule has 2 aromatic heterocycles. The highest BCUT2D eigenvalue weighted by Crippen LogP contribution is 2.38. The molecule has 0 radical (unpaired) electrons. The van der Waals surface area contributed by atoms with Crippen molar-refractivity contribution in [2.45, 2.75) is 45.6 Å². The molecule has 1 saturated carbocycles. The van der Waals surface area contributed by atoms with Crippen LogP contribution in [0.25, 0.3) is 0 Å². The summed E-state index contributed by atoms with van der Waals surface area (Å²) >= 11 is 1.53. The molecule has 2 aromatic rings. The van der Waals surface area contributed by atoms with E-state index in [4.69, 9.17) is 4.52 Å². The summed E-state index contributed by atoms with van der Waals surface area (Å²) in [6.07, 6.45) is 2.26. The molecular formula is C15H19N3O2S. The second-order valence-electron chi connectivity index (χ2n) is 5.93. The third-order valence-corrected chi connectivity index (χ3v) is 4.58. The van der Waals surface area contributed by atoms with E-state index in [2.05, 4.69) is 15.5 Å². The Labute approximate surface area is 127 Å². The van der Waals surface area contributed by atoms with Crippen LogP contribution in [0.2, 0.25) is 0 Å². The molecule has 1 atom stereocenters. The number of carbonyl (C=O) groups is 1. The minimum absolute atomic E-state index is 0.0846. The molecule has 1 aliphatic rings. The van der Waals surface area contributed by atoms with Crippen LogP contribution in [-0.2, 0) is 0 Å². The van der Waals surface area contributed by atoms with Crippen molar-refractivity contribution in [3.63, 3.8) is 0 Å². The smallest absolute Gasteiger partial charge is 0.253 e. The third kappa shape index (κ3) is 3.00. The number of amides is 1. The first kappa shape index (κ1) is 14.3. The number of hydrogen-bond donors (Lipinski definition) is 1. The molecule has 0 bridgehead atoms. The summed E-state index contributed by atoms with van der Waals surface area (Å²) in [6, 6.07) is -0.253. The lowest BCUT2D eigenvalue weighted by atomic mass is 10.0. The molecule has 0 aliphatic heterocycles. The highest BCUT2D eigenvalue weighted by Gasteiger charge is 2.31. The van der Waals surface area contributed by atoms with Crippen molar-refractivity contribution in [2.24, 2.45) is 5.92 Å². The fourth-order valence-electron chi connectivity index (χ4n) is 2.21. The van der Waals surface area contributed by atoms with E-state index in [0.29, 0.717) is 17.4 Å². The number of thiophene rings is 1. The monoisotopic (exact) mass is 305 g/mol. The number of carbonyl (C=O) groups excluding carboxylic acids is 1. The Bertz CT molecular complexity index is 643. The number of nitrogens with one attached hydrogen (secondary N) is 1. The SMILES string of the molecule is Cc1cscc1C(=O)NC(c1nc(C2CC2)no1)C(C)C.